The van der Waals surface area contributed by atoms with E-state index in [4.69, 9.17) is 10.5 Å². The summed E-state index contributed by atoms with van der Waals surface area (Å²) >= 11 is 0. The van der Waals surface area contributed by atoms with Gasteiger partial charge in [0.15, 0.2) is 0 Å². The van der Waals surface area contributed by atoms with Crippen LogP contribution in [0.25, 0.3) is 0 Å². The number of hydrogen-bond donors (Lipinski definition) is 1. The maximum absolute atomic E-state index is 9.22. The van der Waals surface area contributed by atoms with E-state index in [1.54, 1.807) is 42.5 Å². The molecule has 2 aromatic carbocycles. The smallest absolute Gasteiger partial charge is 0.115 e. The zero-order valence-electron chi connectivity index (χ0n) is 9.59. The molecule has 0 unspecified atom stereocenters. The topological polar surface area (TPSA) is 67.8 Å². The number of nitrogens with zero attached hydrogens (tertiary/aromatic N) is 2. The van der Waals surface area contributed by atoms with Gasteiger partial charge in [0.1, 0.15) is 5.75 Å². The van der Waals surface area contributed by atoms with Gasteiger partial charge in [-0.25, -0.2) is 0 Å². The van der Waals surface area contributed by atoms with Crippen molar-refractivity contribution in [3.63, 3.8) is 0 Å². The minimum Gasteiger partial charge on any atom is -0.508 e. The molecule has 3 heteroatoms. The van der Waals surface area contributed by atoms with Gasteiger partial charge >= 0.3 is 0 Å². The first-order chi connectivity index (χ1) is 8.74. The zero-order chi connectivity index (χ0) is 13.0. The second kappa shape index (κ2) is 5.03. The summed E-state index contributed by atoms with van der Waals surface area (Å²) in [6.07, 6.45) is 0.507. The number of rotatable bonds is 2. The molecule has 0 fully saturated rings. The Morgan fingerprint density at radius 2 is 1.44 bits per heavy atom. The lowest BCUT2D eigenvalue weighted by atomic mass is 9.96. The van der Waals surface area contributed by atoms with E-state index in [2.05, 4.69) is 12.1 Å². The molecule has 3 nitrogen and oxygen atoms in total. The lowest BCUT2D eigenvalue weighted by molar-refractivity contribution is 0.475. The molecule has 1 N–H and O–H groups in total. The molecule has 86 valence electrons. The van der Waals surface area contributed by atoms with Crippen molar-refractivity contribution in [2.24, 2.45) is 0 Å². The maximum atomic E-state index is 9.22. The van der Waals surface area contributed by atoms with Crippen LogP contribution in [0.1, 0.15) is 22.3 Å². The van der Waals surface area contributed by atoms with Crippen LogP contribution in [0.4, 0.5) is 0 Å². The number of phenolic OH excluding ortho intramolecular Hbond substituents is 1. The van der Waals surface area contributed by atoms with Crippen LogP contribution in [0.2, 0.25) is 0 Å². The third-order valence-electron chi connectivity index (χ3n) is 2.73. The van der Waals surface area contributed by atoms with E-state index >= 15 is 0 Å². The molecule has 0 aliphatic heterocycles. The highest BCUT2D eigenvalue weighted by Crippen LogP contribution is 2.19. The maximum Gasteiger partial charge on any atom is 0.115 e. The fourth-order valence-electron chi connectivity index (χ4n) is 1.80. The number of phenols is 1. The van der Waals surface area contributed by atoms with E-state index in [-0.39, 0.29) is 5.75 Å². The number of aromatic hydroxyl groups is 1. The molecule has 0 saturated heterocycles. The summed E-state index contributed by atoms with van der Waals surface area (Å²) in [5.41, 5.74) is 2.71. The van der Waals surface area contributed by atoms with Gasteiger partial charge in [0.2, 0.25) is 0 Å². The Balaban J connectivity index is 2.43. The summed E-state index contributed by atoms with van der Waals surface area (Å²) in [5, 5.41) is 27.3. The van der Waals surface area contributed by atoms with Gasteiger partial charge in [-0.15, -0.1) is 0 Å². The first-order valence-corrected chi connectivity index (χ1v) is 5.44. The Hall–Kier alpha value is -2.78. The normalized spacial score (nSPS) is 9.44. The van der Waals surface area contributed by atoms with Crippen LogP contribution in [-0.4, -0.2) is 5.11 Å². The standard InChI is InChI=1S/C15H10N2O/c16-9-12-2-1-3-13(10-17)15(12)8-11-4-6-14(18)7-5-11/h1-7,18H,8H2. The van der Waals surface area contributed by atoms with Gasteiger partial charge in [-0.1, -0.05) is 18.2 Å². The predicted octanol–water partition coefficient (Wildman–Crippen LogP) is 2.73. The van der Waals surface area contributed by atoms with Crippen LogP contribution < -0.4 is 0 Å². The monoisotopic (exact) mass is 234 g/mol. The van der Waals surface area contributed by atoms with Crippen molar-refractivity contribution in [2.75, 3.05) is 0 Å². The quantitative estimate of drug-likeness (QED) is 0.868. The lowest BCUT2D eigenvalue weighted by Gasteiger charge is -2.06. The first kappa shape index (κ1) is 11.7. The van der Waals surface area contributed by atoms with Gasteiger partial charge in [-0.05, 0) is 35.4 Å². The van der Waals surface area contributed by atoms with Crippen LogP contribution in [-0.2, 0) is 6.42 Å². The second-order valence-electron chi connectivity index (χ2n) is 3.90. The number of nitriles is 2. The van der Waals surface area contributed by atoms with Crippen LogP contribution in [0.3, 0.4) is 0 Å². The van der Waals surface area contributed by atoms with Crippen LogP contribution in [0.15, 0.2) is 42.5 Å². The van der Waals surface area contributed by atoms with E-state index < -0.39 is 0 Å². The average Bonchev–Trinajstić information content (AvgIpc) is 2.41. The third kappa shape index (κ3) is 2.31. The van der Waals surface area contributed by atoms with Crippen LogP contribution >= 0.6 is 0 Å². The molecule has 0 atom stereocenters. The molecule has 0 spiro atoms. The fraction of sp³-hybridized carbons (Fsp3) is 0.0667. The largest absolute Gasteiger partial charge is 0.508 e. The van der Waals surface area contributed by atoms with Gasteiger partial charge in [-0.2, -0.15) is 10.5 Å². The molecule has 0 aliphatic carbocycles. The van der Waals surface area contributed by atoms with E-state index in [0.717, 1.165) is 11.1 Å². The SMILES string of the molecule is N#Cc1cccc(C#N)c1Cc1ccc(O)cc1. The fourth-order valence-corrected chi connectivity index (χ4v) is 1.80. The molecule has 18 heavy (non-hydrogen) atoms. The van der Waals surface area contributed by atoms with Crippen molar-refractivity contribution < 1.29 is 5.11 Å². The summed E-state index contributed by atoms with van der Waals surface area (Å²) in [6, 6.07) is 16.1. The average molecular weight is 234 g/mol. The molecule has 2 rings (SSSR count). The van der Waals surface area contributed by atoms with E-state index in [9.17, 15) is 5.11 Å². The summed E-state index contributed by atoms with van der Waals surface area (Å²) in [6.45, 7) is 0. The Morgan fingerprint density at radius 3 is 1.94 bits per heavy atom. The molecule has 0 saturated carbocycles. The Bertz CT molecular complexity index is 613. The molecule has 0 aromatic heterocycles. The van der Waals surface area contributed by atoms with Crippen LogP contribution in [0.5, 0.6) is 5.75 Å². The Morgan fingerprint density at radius 1 is 0.889 bits per heavy atom. The third-order valence-corrected chi connectivity index (χ3v) is 2.73. The van der Waals surface area contributed by atoms with Crippen molar-refractivity contribution in [1.29, 1.82) is 10.5 Å². The highest BCUT2D eigenvalue weighted by atomic mass is 16.3. The van der Waals surface area contributed by atoms with Crippen molar-refractivity contribution in [1.82, 2.24) is 0 Å². The second-order valence-corrected chi connectivity index (χ2v) is 3.90. The van der Waals surface area contributed by atoms with E-state index in [1.165, 1.54) is 0 Å². The summed E-state index contributed by atoms with van der Waals surface area (Å²) in [5.74, 6) is 0.202. The molecule has 0 bridgehead atoms. The van der Waals surface area contributed by atoms with Gasteiger partial charge in [0.25, 0.3) is 0 Å². The Kier molecular flexibility index (Phi) is 3.27. The molecule has 0 aliphatic rings. The number of benzene rings is 2. The van der Waals surface area contributed by atoms with Gasteiger partial charge in [0, 0.05) is 6.42 Å². The minimum absolute atomic E-state index is 0.202. The molecule has 0 amide bonds. The van der Waals surface area contributed by atoms with Crippen molar-refractivity contribution in [3.05, 3.63) is 64.7 Å². The summed E-state index contributed by atoms with van der Waals surface area (Å²) in [7, 11) is 0. The van der Waals surface area contributed by atoms with Crippen molar-refractivity contribution in [2.45, 2.75) is 6.42 Å². The summed E-state index contributed by atoms with van der Waals surface area (Å²) < 4.78 is 0. The molecule has 2 aromatic rings. The van der Waals surface area contributed by atoms with Gasteiger partial charge in [0.05, 0.1) is 23.3 Å². The first-order valence-electron chi connectivity index (χ1n) is 5.44. The molecule has 0 radical (unpaired) electrons. The van der Waals surface area contributed by atoms with Gasteiger partial charge < -0.3 is 5.11 Å². The number of hydrogen-bond acceptors (Lipinski definition) is 3. The van der Waals surface area contributed by atoms with Gasteiger partial charge in [-0.3, -0.25) is 0 Å². The van der Waals surface area contributed by atoms with E-state index in [1.807, 2.05) is 0 Å². The van der Waals surface area contributed by atoms with Crippen LogP contribution in [0, 0.1) is 22.7 Å². The molecule has 0 heterocycles. The predicted molar refractivity (Wildman–Crippen MR) is 66.8 cm³/mol. The van der Waals surface area contributed by atoms with Crippen molar-refractivity contribution >= 4 is 0 Å². The summed E-state index contributed by atoms with van der Waals surface area (Å²) in [4.78, 5) is 0. The van der Waals surface area contributed by atoms with Crippen molar-refractivity contribution in [3.8, 4) is 17.9 Å². The molecular formula is C15H10N2O. The molecular weight excluding hydrogens is 224 g/mol. The van der Waals surface area contributed by atoms with E-state index in [0.29, 0.717) is 17.5 Å². The highest BCUT2D eigenvalue weighted by Gasteiger charge is 2.08. The minimum atomic E-state index is 0.202. The Labute approximate surface area is 105 Å². The highest BCUT2D eigenvalue weighted by molar-refractivity contribution is 5.50. The lowest BCUT2D eigenvalue weighted by Crippen LogP contribution is -1.96. The zero-order valence-corrected chi connectivity index (χ0v) is 9.59.